The molecule has 0 bridgehead atoms. The number of hydrogen-bond donors (Lipinski definition) is 0. The third-order valence-electron chi connectivity index (χ3n) is 4.81. The van der Waals surface area contributed by atoms with Gasteiger partial charge in [0.15, 0.2) is 11.4 Å². The number of carbonyl (C=O) groups excluding carboxylic acids is 1. The summed E-state index contributed by atoms with van der Waals surface area (Å²) in [5.74, 6) is 1.18. The van der Waals surface area contributed by atoms with Gasteiger partial charge in [0.25, 0.3) is 0 Å². The van der Waals surface area contributed by atoms with Gasteiger partial charge in [-0.2, -0.15) is 0 Å². The largest absolute Gasteiger partial charge is 0.345 e. The topological polar surface area (TPSA) is 33.2 Å². The van der Waals surface area contributed by atoms with Crippen molar-refractivity contribution in [2.45, 2.75) is 64.3 Å². The summed E-state index contributed by atoms with van der Waals surface area (Å²) in [4.78, 5) is 19.4. The lowest BCUT2D eigenvalue weighted by Gasteiger charge is -2.29. The van der Waals surface area contributed by atoms with Crippen LogP contribution in [-0.4, -0.2) is 23.9 Å². The Hall–Kier alpha value is -0.900. The highest BCUT2D eigenvalue weighted by molar-refractivity contribution is 7.17. The van der Waals surface area contributed by atoms with Crippen LogP contribution >= 0.6 is 11.3 Å². The summed E-state index contributed by atoms with van der Waals surface area (Å²) in [5, 5.41) is 1.09. The van der Waals surface area contributed by atoms with Crippen LogP contribution in [0, 0.1) is 5.92 Å². The number of aromatic nitrogens is 1. The van der Waals surface area contributed by atoms with Crippen LogP contribution in [0.25, 0.3) is 0 Å². The second kappa shape index (κ2) is 5.84. The molecule has 0 radical (unpaired) electrons. The molecule has 2 heterocycles. The monoisotopic (exact) mass is 292 g/mol. The van der Waals surface area contributed by atoms with Crippen LogP contribution in [0.4, 0.5) is 5.13 Å². The second-order valence-corrected chi connectivity index (χ2v) is 7.48. The van der Waals surface area contributed by atoms with Crippen molar-refractivity contribution in [1.82, 2.24) is 4.98 Å². The smallest absolute Gasteiger partial charge is 0.186 e. The Morgan fingerprint density at radius 1 is 1.25 bits per heavy atom. The van der Waals surface area contributed by atoms with Crippen LogP contribution in [0.3, 0.4) is 0 Å². The maximum atomic E-state index is 11.2. The SMILES string of the molecule is CC(C)c1nc(N2CCCC2C2CCCC2)sc1C=O. The Labute approximate surface area is 125 Å². The van der Waals surface area contributed by atoms with Crippen LogP contribution in [0.1, 0.15) is 73.7 Å². The normalized spacial score (nSPS) is 23.9. The van der Waals surface area contributed by atoms with Gasteiger partial charge < -0.3 is 4.90 Å². The highest BCUT2D eigenvalue weighted by Crippen LogP contribution is 2.40. The maximum Gasteiger partial charge on any atom is 0.186 e. The van der Waals surface area contributed by atoms with Crippen molar-refractivity contribution >= 4 is 22.8 Å². The summed E-state index contributed by atoms with van der Waals surface area (Å²) in [6, 6.07) is 0.670. The first kappa shape index (κ1) is 14.1. The van der Waals surface area contributed by atoms with Gasteiger partial charge in [-0.3, -0.25) is 4.79 Å². The number of carbonyl (C=O) groups is 1. The molecule has 4 heteroatoms. The molecular weight excluding hydrogens is 268 g/mol. The summed E-state index contributed by atoms with van der Waals surface area (Å²) in [5.41, 5.74) is 0.983. The third-order valence-corrected chi connectivity index (χ3v) is 5.85. The van der Waals surface area contributed by atoms with E-state index in [1.807, 2.05) is 0 Å². The molecule has 20 heavy (non-hydrogen) atoms. The standard InChI is InChI=1S/C16H24N2OS/c1-11(2)15-14(10-19)20-16(17-15)18-9-5-8-13(18)12-6-3-4-7-12/h10-13H,3-9H2,1-2H3. The van der Waals surface area contributed by atoms with E-state index in [2.05, 4.69) is 18.7 Å². The Morgan fingerprint density at radius 2 is 2.00 bits per heavy atom. The molecule has 1 aliphatic carbocycles. The molecule has 0 aromatic carbocycles. The molecule has 1 aromatic rings. The number of aldehydes is 1. The molecule has 1 saturated carbocycles. The van der Waals surface area contributed by atoms with Crippen LogP contribution in [0.5, 0.6) is 0 Å². The molecule has 0 amide bonds. The lowest BCUT2D eigenvalue weighted by Crippen LogP contribution is -2.34. The maximum absolute atomic E-state index is 11.2. The van der Waals surface area contributed by atoms with E-state index in [1.54, 1.807) is 11.3 Å². The van der Waals surface area contributed by atoms with Crippen LogP contribution in [-0.2, 0) is 0 Å². The fourth-order valence-electron chi connectivity index (χ4n) is 3.81. The number of nitrogens with zero attached hydrogens (tertiary/aromatic N) is 2. The molecule has 1 atom stereocenters. The number of anilines is 1. The van der Waals surface area contributed by atoms with Crippen LogP contribution in [0.2, 0.25) is 0 Å². The van der Waals surface area contributed by atoms with Gasteiger partial charge in [0, 0.05) is 12.6 Å². The zero-order chi connectivity index (χ0) is 14.1. The molecule has 2 aliphatic rings. The molecule has 0 spiro atoms. The summed E-state index contributed by atoms with van der Waals surface area (Å²) in [6.07, 6.45) is 9.10. The van der Waals surface area contributed by atoms with E-state index in [1.165, 1.54) is 38.5 Å². The van der Waals surface area contributed by atoms with Crippen molar-refractivity contribution in [2.75, 3.05) is 11.4 Å². The van der Waals surface area contributed by atoms with E-state index in [0.717, 1.165) is 34.5 Å². The summed E-state index contributed by atoms with van der Waals surface area (Å²) in [6.45, 7) is 5.35. The van der Waals surface area contributed by atoms with Crippen molar-refractivity contribution in [3.05, 3.63) is 10.6 Å². The minimum Gasteiger partial charge on any atom is -0.345 e. The van der Waals surface area contributed by atoms with Gasteiger partial charge in [-0.1, -0.05) is 38.0 Å². The summed E-state index contributed by atoms with van der Waals surface area (Å²) in [7, 11) is 0. The Balaban J connectivity index is 1.85. The third kappa shape index (κ3) is 2.50. The molecule has 1 aromatic heterocycles. The number of rotatable bonds is 4. The Morgan fingerprint density at radius 3 is 2.60 bits per heavy atom. The van der Waals surface area contributed by atoms with Gasteiger partial charge in [-0.15, -0.1) is 0 Å². The predicted molar refractivity (Wildman–Crippen MR) is 83.9 cm³/mol. The Kier molecular flexibility index (Phi) is 4.11. The van der Waals surface area contributed by atoms with E-state index >= 15 is 0 Å². The van der Waals surface area contributed by atoms with E-state index in [-0.39, 0.29) is 0 Å². The molecule has 3 nitrogen and oxygen atoms in total. The first-order chi connectivity index (χ1) is 9.70. The predicted octanol–water partition coefficient (Wildman–Crippen LogP) is 4.24. The van der Waals surface area contributed by atoms with Crippen LogP contribution < -0.4 is 4.90 Å². The van der Waals surface area contributed by atoms with E-state index in [9.17, 15) is 4.79 Å². The lowest BCUT2D eigenvalue weighted by molar-refractivity contribution is 0.112. The first-order valence-electron chi connectivity index (χ1n) is 7.93. The second-order valence-electron chi connectivity index (χ2n) is 6.47. The number of hydrogen-bond acceptors (Lipinski definition) is 4. The first-order valence-corrected chi connectivity index (χ1v) is 8.75. The minimum absolute atomic E-state index is 0.327. The zero-order valence-electron chi connectivity index (χ0n) is 12.5. The van der Waals surface area contributed by atoms with Crippen molar-refractivity contribution in [3.63, 3.8) is 0 Å². The lowest BCUT2D eigenvalue weighted by atomic mass is 9.96. The van der Waals surface area contributed by atoms with Gasteiger partial charge in [0.05, 0.1) is 10.6 Å². The van der Waals surface area contributed by atoms with Crippen molar-refractivity contribution in [1.29, 1.82) is 0 Å². The average molecular weight is 292 g/mol. The molecule has 1 saturated heterocycles. The summed E-state index contributed by atoms with van der Waals surface area (Å²) < 4.78 is 0. The molecule has 3 rings (SSSR count). The molecule has 110 valence electrons. The number of thiazole rings is 1. The Bertz CT molecular complexity index is 477. The van der Waals surface area contributed by atoms with Gasteiger partial charge in [0.1, 0.15) is 0 Å². The van der Waals surface area contributed by atoms with E-state index < -0.39 is 0 Å². The van der Waals surface area contributed by atoms with E-state index in [0.29, 0.717) is 12.0 Å². The van der Waals surface area contributed by atoms with Gasteiger partial charge in [-0.05, 0) is 37.5 Å². The quantitative estimate of drug-likeness (QED) is 0.778. The molecule has 2 fully saturated rings. The van der Waals surface area contributed by atoms with E-state index in [4.69, 9.17) is 4.98 Å². The molecule has 1 aliphatic heterocycles. The summed E-state index contributed by atoms with van der Waals surface area (Å²) >= 11 is 1.59. The molecular formula is C16H24N2OS. The fourth-order valence-corrected chi connectivity index (χ4v) is 4.93. The van der Waals surface area contributed by atoms with Gasteiger partial charge >= 0.3 is 0 Å². The van der Waals surface area contributed by atoms with Gasteiger partial charge in [-0.25, -0.2) is 4.98 Å². The molecule has 0 N–H and O–H groups in total. The van der Waals surface area contributed by atoms with Gasteiger partial charge in [0.2, 0.25) is 0 Å². The highest BCUT2D eigenvalue weighted by atomic mass is 32.1. The van der Waals surface area contributed by atoms with Crippen molar-refractivity contribution in [3.8, 4) is 0 Å². The highest BCUT2D eigenvalue weighted by Gasteiger charge is 2.35. The van der Waals surface area contributed by atoms with Crippen LogP contribution in [0.15, 0.2) is 0 Å². The van der Waals surface area contributed by atoms with Crippen molar-refractivity contribution < 1.29 is 4.79 Å². The fraction of sp³-hybridized carbons (Fsp3) is 0.750. The zero-order valence-corrected chi connectivity index (χ0v) is 13.3. The minimum atomic E-state index is 0.327. The molecule has 1 unspecified atom stereocenters. The average Bonchev–Trinajstić information content (AvgIpc) is 3.16. The van der Waals surface area contributed by atoms with Crippen molar-refractivity contribution in [2.24, 2.45) is 5.92 Å².